The highest BCUT2D eigenvalue weighted by atomic mass is 16.3. The normalized spacial score (nSPS) is 22.9. The van der Waals surface area contributed by atoms with Gasteiger partial charge in [0.25, 0.3) is 0 Å². The molecule has 1 aromatic rings. The van der Waals surface area contributed by atoms with Crippen LogP contribution in [-0.4, -0.2) is 16.9 Å². The van der Waals surface area contributed by atoms with E-state index in [0.717, 1.165) is 5.56 Å². The van der Waals surface area contributed by atoms with E-state index in [2.05, 4.69) is 0 Å². The van der Waals surface area contributed by atoms with Crippen molar-refractivity contribution in [3.63, 3.8) is 0 Å². The Balaban J connectivity index is 2.44. The van der Waals surface area contributed by atoms with Crippen molar-refractivity contribution in [2.24, 2.45) is 11.5 Å². The first-order valence-corrected chi connectivity index (χ1v) is 5.02. The number of hydrogen-bond donors (Lipinski definition) is 4. The molecule has 4 heteroatoms. The zero-order valence-electron chi connectivity index (χ0n) is 8.80. The quantitative estimate of drug-likeness (QED) is 0.307. The van der Waals surface area contributed by atoms with E-state index < -0.39 is 11.8 Å². The molecule has 2 rings (SSSR count). The van der Waals surface area contributed by atoms with Crippen LogP contribution in [0.5, 0.6) is 0 Å². The zero-order chi connectivity index (χ0) is 11.8. The molecule has 0 heterocycles. The average molecular weight is 217 g/mol. The van der Waals surface area contributed by atoms with Crippen molar-refractivity contribution in [2.75, 3.05) is 5.73 Å². The monoisotopic (exact) mass is 217 g/mol. The second kappa shape index (κ2) is 3.75. The summed E-state index contributed by atoms with van der Waals surface area (Å²) in [5.41, 5.74) is 18.4. The van der Waals surface area contributed by atoms with Crippen LogP contribution in [0.3, 0.4) is 0 Å². The average Bonchev–Trinajstić information content (AvgIpc) is 2.22. The number of aliphatic hydroxyl groups is 1. The fourth-order valence-corrected chi connectivity index (χ4v) is 1.74. The highest BCUT2D eigenvalue weighted by Gasteiger charge is 2.22. The van der Waals surface area contributed by atoms with Crippen LogP contribution in [0.2, 0.25) is 0 Å². The second-order valence-corrected chi connectivity index (χ2v) is 4.03. The lowest BCUT2D eigenvalue weighted by atomic mass is 9.91. The Morgan fingerprint density at radius 1 is 1.25 bits per heavy atom. The third kappa shape index (κ3) is 2.14. The van der Waals surface area contributed by atoms with Crippen molar-refractivity contribution < 1.29 is 5.11 Å². The van der Waals surface area contributed by atoms with Crippen molar-refractivity contribution in [2.45, 2.75) is 11.8 Å². The summed E-state index contributed by atoms with van der Waals surface area (Å²) in [7, 11) is 0. The first-order chi connectivity index (χ1) is 7.48. The Bertz CT molecular complexity index is 463. The van der Waals surface area contributed by atoms with Gasteiger partial charge in [0.15, 0.2) is 0 Å². The maximum Gasteiger partial charge on any atom is 0.103 e. The maximum absolute atomic E-state index is 9.84. The molecular weight excluding hydrogens is 202 g/mol. The Morgan fingerprint density at radius 3 is 2.69 bits per heavy atom. The van der Waals surface area contributed by atoms with Crippen LogP contribution >= 0.6 is 0 Å². The SMILES string of the molecule is Nc1cccc(C2=CC(N)(N)C=CC2O)c1. The molecule has 1 atom stereocenters. The third-order valence-electron chi connectivity index (χ3n) is 2.51. The van der Waals surface area contributed by atoms with Crippen LogP contribution in [0.25, 0.3) is 5.57 Å². The first kappa shape index (κ1) is 10.9. The molecule has 1 aromatic carbocycles. The summed E-state index contributed by atoms with van der Waals surface area (Å²) in [5.74, 6) is 0. The predicted octanol–water partition coefficient (Wildman–Crippen LogP) is 0.197. The van der Waals surface area contributed by atoms with Crippen LogP contribution in [0.1, 0.15) is 5.56 Å². The van der Waals surface area contributed by atoms with E-state index in [-0.39, 0.29) is 0 Å². The lowest BCUT2D eigenvalue weighted by Gasteiger charge is -2.25. The van der Waals surface area contributed by atoms with E-state index in [9.17, 15) is 5.11 Å². The van der Waals surface area contributed by atoms with Crippen molar-refractivity contribution in [3.05, 3.63) is 48.1 Å². The van der Waals surface area contributed by atoms with Gasteiger partial charge < -0.3 is 22.3 Å². The van der Waals surface area contributed by atoms with Crippen LogP contribution in [0.4, 0.5) is 5.69 Å². The van der Waals surface area contributed by atoms with Gasteiger partial charge in [-0.25, -0.2) is 0 Å². The van der Waals surface area contributed by atoms with Crippen LogP contribution in [0, 0.1) is 0 Å². The highest BCUT2D eigenvalue weighted by molar-refractivity contribution is 5.74. The van der Waals surface area contributed by atoms with Crippen LogP contribution < -0.4 is 17.2 Å². The molecular formula is C12H15N3O. The van der Waals surface area contributed by atoms with Gasteiger partial charge in [-0.2, -0.15) is 0 Å². The van der Waals surface area contributed by atoms with Gasteiger partial charge in [-0.3, -0.25) is 0 Å². The van der Waals surface area contributed by atoms with E-state index in [0.29, 0.717) is 11.3 Å². The van der Waals surface area contributed by atoms with Crippen molar-refractivity contribution in [1.82, 2.24) is 0 Å². The fourth-order valence-electron chi connectivity index (χ4n) is 1.74. The number of nitrogen functional groups attached to an aromatic ring is 1. The molecule has 0 aliphatic heterocycles. The molecule has 0 spiro atoms. The highest BCUT2D eigenvalue weighted by Crippen LogP contribution is 2.26. The van der Waals surface area contributed by atoms with Gasteiger partial charge >= 0.3 is 0 Å². The van der Waals surface area contributed by atoms with E-state index >= 15 is 0 Å². The number of hydrogen-bond acceptors (Lipinski definition) is 4. The van der Waals surface area contributed by atoms with E-state index in [1.54, 1.807) is 30.4 Å². The van der Waals surface area contributed by atoms with Gasteiger partial charge in [0.2, 0.25) is 0 Å². The molecule has 0 aromatic heterocycles. The molecule has 0 bridgehead atoms. The maximum atomic E-state index is 9.84. The number of anilines is 1. The van der Waals surface area contributed by atoms with Gasteiger partial charge in [0.05, 0.1) is 6.10 Å². The number of nitrogens with two attached hydrogens (primary N) is 3. The molecule has 1 unspecified atom stereocenters. The predicted molar refractivity (Wildman–Crippen MR) is 65.1 cm³/mol. The molecule has 1 aliphatic rings. The number of rotatable bonds is 1. The van der Waals surface area contributed by atoms with Gasteiger partial charge in [-0.1, -0.05) is 18.2 Å². The fraction of sp³-hybridized carbons (Fsp3) is 0.167. The number of benzene rings is 1. The minimum Gasteiger partial charge on any atom is -0.399 e. The molecule has 84 valence electrons. The molecule has 7 N–H and O–H groups in total. The van der Waals surface area contributed by atoms with Crippen LogP contribution in [-0.2, 0) is 0 Å². The topological polar surface area (TPSA) is 98.3 Å². The van der Waals surface area contributed by atoms with E-state index in [1.165, 1.54) is 0 Å². The summed E-state index contributed by atoms with van der Waals surface area (Å²) in [6.45, 7) is 0. The Hall–Kier alpha value is -1.62. The molecule has 16 heavy (non-hydrogen) atoms. The number of aliphatic hydroxyl groups excluding tert-OH is 1. The molecule has 0 saturated carbocycles. The van der Waals surface area contributed by atoms with Crippen molar-refractivity contribution in [1.29, 1.82) is 0 Å². The molecule has 1 aliphatic carbocycles. The van der Waals surface area contributed by atoms with Gasteiger partial charge in [0.1, 0.15) is 5.66 Å². The minimum absolute atomic E-state index is 0.639. The molecule has 0 fully saturated rings. The van der Waals surface area contributed by atoms with Crippen molar-refractivity contribution in [3.8, 4) is 0 Å². The molecule has 0 radical (unpaired) electrons. The smallest absolute Gasteiger partial charge is 0.103 e. The Morgan fingerprint density at radius 2 is 2.00 bits per heavy atom. The zero-order valence-corrected chi connectivity index (χ0v) is 8.80. The minimum atomic E-state index is -1.01. The summed E-state index contributed by atoms with van der Waals surface area (Å²) in [5, 5.41) is 9.84. The molecule has 0 amide bonds. The van der Waals surface area contributed by atoms with Crippen molar-refractivity contribution >= 4 is 11.3 Å². The van der Waals surface area contributed by atoms with Gasteiger partial charge in [0, 0.05) is 5.69 Å². The van der Waals surface area contributed by atoms with Gasteiger partial charge in [-0.15, -0.1) is 0 Å². The third-order valence-corrected chi connectivity index (χ3v) is 2.51. The largest absolute Gasteiger partial charge is 0.399 e. The standard InChI is InChI=1S/C12H15N3O/c13-9-3-1-2-8(6-9)10-7-12(14,15)5-4-11(10)16/h1-7,11,16H,13-15H2. The van der Waals surface area contributed by atoms with Crippen LogP contribution in [0.15, 0.2) is 42.5 Å². The molecule has 0 saturated heterocycles. The van der Waals surface area contributed by atoms with E-state index in [4.69, 9.17) is 17.2 Å². The van der Waals surface area contributed by atoms with Gasteiger partial charge in [-0.05, 0) is 35.4 Å². The second-order valence-electron chi connectivity index (χ2n) is 4.03. The molecule has 4 nitrogen and oxygen atoms in total. The first-order valence-electron chi connectivity index (χ1n) is 5.02. The summed E-state index contributed by atoms with van der Waals surface area (Å²) >= 11 is 0. The lowest BCUT2D eigenvalue weighted by Crippen LogP contribution is -2.47. The summed E-state index contributed by atoms with van der Waals surface area (Å²) in [6, 6.07) is 7.25. The lowest BCUT2D eigenvalue weighted by molar-refractivity contribution is 0.276. The summed E-state index contributed by atoms with van der Waals surface area (Å²) < 4.78 is 0. The summed E-state index contributed by atoms with van der Waals surface area (Å²) in [4.78, 5) is 0. The summed E-state index contributed by atoms with van der Waals surface area (Å²) in [6.07, 6.45) is 4.11. The van der Waals surface area contributed by atoms with E-state index in [1.807, 2.05) is 12.1 Å². The Labute approximate surface area is 94.0 Å². The Kier molecular flexibility index (Phi) is 2.55.